The molecule has 1 aromatic rings. The Kier molecular flexibility index (Phi) is 3.38. The molecule has 1 unspecified atom stereocenters. The standard InChI is InChI=1S/C6H11N3OS/c1-11-3-6(10)2-9-5-7-4-8-9/h4-6,10H,2-3H2,1H3. The summed E-state index contributed by atoms with van der Waals surface area (Å²) in [6, 6.07) is 0. The van der Waals surface area contributed by atoms with Crippen molar-refractivity contribution < 1.29 is 5.11 Å². The summed E-state index contributed by atoms with van der Waals surface area (Å²) in [7, 11) is 0. The van der Waals surface area contributed by atoms with E-state index in [1.807, 2.05) is 6.26 Å². The minimum absolute atomic E-state index is 0.327. The van der Waals surface area contributed by atoms with Crippen LogP contribution in [0.25, 0.3) is 0 Å². The Morgan fingerprint density at radius 2 is 2.55 bits per heavy atom. The Labute approximate surface area is 69.6 Å². The van der Waals surface area contributed by atoms with Gasteiger partial charge in [0.1, 0.15) is 12.7 Å². The van der Waals surface area contributed by atoms with Gasteiger partial charge in [-0.3, -0.25) is 4.68 Å². The van der Waals surface area contributed by atoms with Gasteiger partial charge in [-0.25, -0.2) is 4.98 Å². The van der Waals surface area contributed by atoms with Gasteiger partial charge < -0.3 is 5.11 Å². The number of thioether (sulfide) groups is 1. The van der Waals surface area contributed by atoms with Crippen LogP contribution in [0.2, 0.25) is 0 Å². The molecular formula is C6H11N3OS. The fraction of sp³-hybridized carbons (Fsp3) is 0.667. The molecule has 1 heterocycles. The molecule has 0 aliphatic heterocycles. The molecule has 0 radical (unpaired) electrons. The van der Waals surface area contributed by atoms with E-state index in [4.69, 9.17) is 0 Å². The van der Waals surface area contributed by atoms with Crippen molar-refractivity contribution >= 4 is 11.8 Å². The molecule has 0 fully saturated rings. The van der Waals surface area contributed by atoms with Gasteiger partial charge in [0, 0.05) is 5.75 Å². The van der Waals surface area contributed by atoms with Crippen molar-refractivity contribution in [3.05, 3.63) is 12.7 Å². The molecule has 0 saturated carbocycles. The molecule has 0 spiro atoms. The van der Waals surface area contributed by atoms with Crippen molar-refractivity contribution in [3.63, 3.8) is 0 Å². The maximum Gasteiger partial charge on any atom is 0.137 e. The Balaban J connectivity index is 2.31. The lowest BCUT2D eigenvalue weighted by atomic mass is 10.4. The summed E-state index contributed by atoms with van der Waals surface area (Å²) >= 11 is 1.62. The second-order valence-corrected chi connectivity index (χ2v) is 3.14. The van der Waals surface area contributed by atoms with E-state index in [2.05, 4.69) is 10.1 Å². The molecule has 0 aliphatic rings. The monoisotopic (exact) mass is 173 g/mol. The van der Waals surface area contributed by atoms with Crippen LogP contribution in [0.3, 0.4) is 0 Å². The van der Waals surface area contributed by atoms with E-state index in [-0.39, 0.29) is 6.10 Å². The van der Waals surface area contributed by atoms with Crippen molar-refractivity contribution in [2.24, 2.45) is 0 Å². The number of rotatable bonds is 4. The zero-order valence-corrected chi connectivity index (χ0v) is 7.16. The van der Waals surface area contributed by atoms with E-state index < -0.39 is 0 Å². The number of hydrogen-bond donors (Lipinski definition) is 1. The minimum Gasteiger partial charge on any atom is -0.390 e. The van der Waals surface area contributed by atoms with Crippen LogP contribution < -0.4 is 0 Å². The summed E-state index contributed by atoms with van der Waals surface area (Å²) in [6.07, 6.45) is 4.70. The van der Waals surface area contributed by atoms with Gasteiger partial charge in [0.25, 0.3) is 0 Å². The van der Waals surface area contributed by atoms with Crippen LogP contribution in [-0.2, 0) is 6.54 Å². The molecule has 11 heavy (non-hydrogen) atoms. The quantitative estimate of drug-likeness (QED) is 0.696. The van der Waals surface area contributed by atoms with Crippen molar-refractivity contribution in [3.8, 4) is 0 Å². The van der Waals surface area contributed by atoms with Crippen LogP contribution in [0.15, 0.2) is 12.7 Å². The lowest BCUT2D eigenvalue weighted by Crippen LogP contribution is -2.18. The molecule has 1 atom stereocenters. The Bertz CT molecular complexity index is 190. The molecular weight excluding hydrogens is 162 g/mol. The third kappa shape index (κ3) is 2.90. The van der Waals surface area contributed by atoms with Gasteiger partial charge in [-0.15, -0.1) is 0 Å². The van der Waals surface area contributed by atoms with Gasteiger partial charge >= 0.3 is 0 Å². The van der Waals surface area contributed by atoms with E-state index in [1.165, 1.54) is 6.33 Å². The lowest BCUT2D eigenvalue weighted by molar-refractivity contribution is 0.173. The highest BCUT2D eigenvalue weighted by atomic mass is 32.2. The highest BCUT2D eigenvalue weighted by molar-refractivity contribution is 7.98. The highest BCUT2D eigenvalue weighted by Crippen LogP contribution is 1.98. The smallest absolute Gasteiger partial charge is 0.137 e. The Morgan fingerprint density at radius 1 is 1.73 bits per heavy atom. The maximum atomic E-state index is 9.31. The predicted octanol–water partition coefficient (Wildman–Crippen LogP) is 0.00200. The molecule has 1 N–H and O–H groups in total. The van der Waals surface area contributed by atoms with Crippen LogP contribution in [0.4, 0.5) is 0 Å². The summed E-state index contributed by atoms with van der Waals surface area (Å²) in [5.41, 5.74) is 0. The topological polar surface area (TPSA) is 50.9 Å². The first kappa shape index (κ1) is 8.55. The van der Waals surface area contributed by atoms with E-state index >= 15 is 0 Å². The lowest BCUT2D eigenvalue weighted by Gasteiger charge is -2.07. The fourth-order valence-corrected chi connectivity index (χ4v) is 1.28. The van der Waals surface area contributed by atoms with Crippen molar-refractivity contribution in [1.82, 2.24) is 14.8 Å². The van der Waals surface area contributed by atoms with E-state index in [0.29, 0.717) is 6.54 Å². The van der Waals surface area contributed by atoms with E-state index in [9.17, 15) is 5.11 Å². The SMILES string of the molecule is CSCC(O)Cn1cncn1. The van der Waals surface area contributed by atoms with Gasteiger partial charge in [0.05, 0.1) is 12.6 Å². The van der Waals surface area contributed by atoms with Crippen LogP contribution in [0.5, 0.6) is 0 Å². The zero-order valence-electron chi connectivity index (χ0n) is 6.34. The first-order valence-corrected chi connectivity index (χ1v) is 4.71. The van der Waals surface area contributed by atoms with Crippen molar-refractivity contribution in [2.75, 3.05) is 12.0 Å². The predicted molar refractivity (Wildman–Crippen MR) is 44.4 cm³/mol. The number of nitrogens with zero attached hydrogens (tertiary/aromatic N) is 3. The molecule has 1 aromatic heterocycles. The van der Waals surface area contributed by atoms with Gasteiger partial charge in [-0.2, -0.15) is 16.9 Å². The first-order chi connectivity index (χ1) is 5.33. The molecule has 0 bridgehead atoms. The zero-order chi connectivity index (χ0) is 8.10. The second kappa shape index (κ2) is 4.35. The molecule has 0 saturated heterocycles. The maximum absolute atomic E-state index is 9.31. The van der Waals surface area contributed by atoms with E-state index in [1.54, 1.807) is 22.8 Å². The summed E-state index contributed by atoms with van der Waals surface area (Å²) in [5, 5.41) is 13.2. The van der Waals surface area contributed by atoms with Gasteiger partial charge in [0.15, 0.2) is 0 Å². The van der Waals surface area contributed by atoms with Crippen LogP contribution in [0.1, 0.15) is 0 Å². The van der Waals surface area contributed by atoms with Gasteiger partial charge in [0.2, 0.25) is 0 Å². The third-order valence-electron chi connectivity index (χ3n) is 1.22. The molecule has 62 valence electrons. The van der Waals surface area contributed by atoms with Crippen LogP contribution in [0, 0.1) is 0 Å². The first-order valence-electron chi connectivity index (χ1n) is 3.32. The highest BCUT2D eigenvalue weighted by Gasteiger charge is 2.03. The molecule has 1 rings (SSSR count). The fourth-order valence-electron chi connectivity index (χ4n) is 0.788. The molecule has 0 aliphatic carbocycles. The van der Waals surface area contributed by atoms with Crippen LogP contribution >= 0.6 is 11.8 Å². The number of aromatic nitrogens is 3. The summed E-state index contributed by atoms with van der Waals surface area (Å²) in [4.78, 5) is 3.77. The van der Waals surface area contributed by atoms with Crippen LogP contribution in [-0.4, -0.2) is 38.0 Å². The molecule has 5 heteroatoms. The number of aliphatic hydroxyl groups is 1. The molecule has 0 amide bonds. The summed E-state index contributed by atoms with van der Waals surface area (Å²) < 4.78 is 1.63. The molecule has 0 aromatic carbocycles. The average Bonchev–Trinajstić information content (AvgIpc) is 2.40. The largest absolute Gasteiger partial charge is 0.390 e. The number of aliphatic hydroxyl groups excluding tert-OH is 1. The Hall–Kier alpha value is -0.550. The summed E-state index contributed by atoms with van der Waals surface area (Å²) in [6.45, 7) is 0.529. The summed E-state index contributed by atoms with van der Waals surface area (Å²) in [5.74, 6) is 0.736. The Morgan fingerprint density at radius 3 is 3.09 bits per heavy atom. The normalized spacial score (nSPS) is 13.3. The number of hydrogen-bond acceptors (Lipinski definition) is 4. The second-order valence-electron chi connectivity index (χ2n) is 2.23. The average molecular weight is 173 g/mol. The third-order valence-corrected chi connectivity index (χ3v) is 1.94. The molecule has 4 nitrogen and oxygen atoms in total. The van der Waals surface area contributed by atoms with E-state index in [0.717, 1.165) is 5.75 Å². The minimum atomic E-state index is -0.327. The van der Waals surface area contributed by atoms with Gasteiger partial charge in [-0.05, 0) is 6.26 Å². The van der Waals surface area contributed by atoms with Crippen molar-refractivity contribution in [2.45, 2.75) is 12.6 Å². The van der Waals surface area contributed by atoms with Crippen molar-refractivity contribution in [1.29, 1.82) is 0 Å². The van der Waals surface area contributed by atoms with Gasteiger partial charge in [-0.1, -0.05) is 0 Å².